The highest BCUT2D eigenvalue weighted by molar-refractivity contribution is 5.91. The van der Waals surface area contributed by atoms with Gasteiger partial charge in [-0.2, -0.15) is 0 Å². The lowest BCUT2D eigenvalue weighted by atomic mass is 9.84. The molecule has 0 amide bonds. The van der Waals surface area contributed by atoms with Crippen LogP contribution in [0, 0.1) is 5.92 Å². The van der Waals surface area contributed by atoms with Crippen molar-refractivity contribution in [3.8, 4) is 11.5 Å². The van der Waals surface area contributed by atoms with Crippen LogP contribution in [0.2, 0.25) is 0 Å². The molecule has 1 aromatic rings. The van der Waals surface area contributed by atoms with E-state index in [1.165, 1.54) is 38.8 Å². The largest absolute Gasteiger partial charge is 0.497 e. The van der Waals surface area contributed by atoms with Gasteiger partial charge in [0.2, 0.25) is 0 Å². The molecule has 0 bridgehead atoms. The minimum Gasteiger partial charge on any atom is -0.497 e. The Bertz CT molecular complexity index is 558. The van der Waals surface area contributed by atoms with Crippen LogP contribution < -0.4 is 9.47 Å². The van der Waals surface area contributed by atoms with Crippen LogP contribution in [0.15, 0.2) is 18.2 Å². The highest BCUT2D eigenvalue weighted by Crippen LogP contribution is 2.32. The first-order valence-electron chi connectivity index (χ1n) is 8.47. The third kappa shape index (κ3) is 3.61. The Morgan fingerprint density at radius 3 is 2.87 bits per heavy atom. The summed E-state index contributed by atoms with van der Waals surface area (Å²) in [7, 11) is 1.57. The zero-order chi connectivity index (χ0) is 16.2. The molecule has 23 heavy (non-hydrogen) atoms. The van der Waals surface area contributed by atoms with E-state index in [1.807, 2.05) is 0 Å². The van der Waals surface area contributed by atoms with Gasteiger partial charge in [-0.3, -0.25) is 4.90 Å². The van der Waals surface area contributed by atoms with E-state index in [0.717, 1.165) is 6.42 Å². The van der Waals surface area contributed by atoms with E-state index in [2.05, 4.69) is 4.90 Å². The molecule has 2 fully saturated rings. The lowest BCUT2D eigenvalue weighted by Gasteiger charge is -2.44. The number of ether oxygens (including phenoxy) is 2. The van der Waals surface area contributed by atoms with Crippen molar-refractivity contribution in [3.63, 3.8) is 0 Å². The Hall–Kier alpha value is -1.75. The average Bonchev–Trinajstić information content (AvgIpc) is 2.59. The molecule has 2 aliphatic heterocycles. The van der Waals surface area contributed by atoms with Crippen molar-refractivity contribution in [1.29, 1.82) is 0 Å². The molecular weight excluding hydrogens is 294 g/mol. The molecule has 0 aromatic heterocycles. The van der Waals surface area contributed by atoms with E-state index < -0.39 is 5.97 Å². The molecule has 2 saturated heterocycles. The summed E-state index contributed by atoms with van der Waals surface area (Å²) in [5.41, 5.74) is 0.196. The Kier molecular flexibility index (Phi) is 5.06. The van der Waals surface area contributed by atoms with Gasteiger partial charge in [-0.1, -0.05) is 6.42 Å². The van der Waals surface area contributed by atoms with Crippen LogP contribution in [-0.2, 0) is 0 Å². The van der Waals surface area contributed by atoms with E-state index in [-0.39, 0.29) is 5.56 Å². The van der Waals surface area contributed by atoms with Crippen LogP contribution >= 0.6 is 0 Å². The summed E-state index contributed by atoms with van der Waals surface area (Å²) in [6, 6.07) is 5.46. The monoisotopic (exact) mass is 319 g/mol. The zero-order valence-electron chi connectivity index (χ0n) is 13.7. The number of rotatable bonds is 5. The minimum absolute atomic E-state index is 0.196. The van der Waals surface area contributed by atoms with Crippen molar-refractivity contribution in [2.24, 2.45) is 5.92 Å². The summed E-state index contributed by atoms with van der Waals surface area (Å²) in [5, 5.41) is 9.32. The lowest BCUT2D eigenvalue weighted by molar-refractivity contribution is 0.0361. The number of hydrogen-bond acceptors (Lipinski definition) is 4. The van der Waals surface area contributed by atoms with E-state index in [9.17, 15) is 9.90 Å². The number of carbonyl (C=O) groups is 1. The predicted octanol–water partition coefficient (Wildman–Crippen LogP) is 3.04. The first kappa shape index (κ1) is 16.1. The minimum atomic E-state index is -0.967. The highest BCUT2D eigenvalue weighted by Gasteiger charge is 2.33. The number of fused-ring (bicyclic) bond motifs is 1. The molecule has 0 saturated carbocycles. The number of hydrogen-bond donors (Lipinski definition) is 1. The van der Waals surface area contributed by atoms with E-state index in [1.54, 1.807) is 25.3 Å². The third-order valence-electron chi connectivity index (χ3n) is 5.10. The molecule has 2 atom stereocenters. The number of carboxylic acid groups (broad SMARTS) is 1. The van der Waals surface area contributed by atoms with Crippen LogP contribution in [0.1, 0.15) is 42.5 Å². The van der Waals surface area contributed by atoms with E-state index in [4.69, 9.17) is 9.47 Å². The molecule has 0 unspecified atom stereocenters. The van der Waals surface area contributed by atoms with Crippen LogP contribution in [0.25, 0.3) is 0 Å². The second-order valence-electron chi connectivity index (χ2n) is 6.48. The lowest BCUT2D eigenvalue weighted by Crippen LogP contribution is -2.49. The molecule has 0 aliphatic carbocycles. The van der Waals surface area contributed by atoms with Crippen molar-refractivity contribution in [1.82, 2.24) is 4.90 Å². The fraction of sp³-hybridized carbons (Fsp3) is 0.611. The van der Waals surface area contributed by atoms with Gasteiger partial charge in [-0.25, -0.2) is 4.79 Å². The summed E-state index contributed by atoms with van der Waals surface area (Å²) in [5.74, 6) is 0.542. The fourth-order valence-electron chi connectivity index (χ4n) is 3.89. The van der Waals surface area contributed by atoms with Crippen molar-refractivity contribution in [3.05, 3.63) is 23.8 Å². The molecule has 2 aliphatic rings. The van der Waals surface area contributed by atoms with Crippen molar-refractivity contribution in [2.45, 2.75) is 38.1 Å². The smallest absolute Gasteiger partial charge is 0.339 e. The van der Waals surface area contributed by atoms with Gasteiger partial charge in [-0.05, 0) is 50.9 Å². The zero-order valence-corrected chi connectivity index (χ0v) is 13.7. The number of benzene rings is 1. The Balaban J connectivity index is 1.70. The molecule has 3 rings (SSSR count). The van der Waals surface area contributed by atoms with Crippen LogP contribution in [-0.4, -0.2) is 48.8 Å². The number of aromatic carboxylic acids is 1. The van der Waals surface area contributed by atoms with Gasteiger partial charge in [0.15, 0.2) is 0 Å². The topological polar surface area (TPSA) is 59.0 Å². The van der Waals surface area contributed by atoms with Crippen LogP contribution in [0.3, 0.4) is 0 Å². The number of nitrogens with zero attached hydrogens (tertiary/aromatic N) is 1. The molecule has 2 heterocycles. The Morgan fingerprint density at radius 1 is 1.26 bits per heavy atom. The number of piperidine rings is 2. The van der Waals surface area contributed by atoms with Gasteiger partial charge in [0, 0.05) is 18.0 Å². The van der Waals surface area contributed by atoms with Gasteiger partial charge in [-0.15, -0.1) is 0 Å². The van der Waals surface area contributed by atoms with Gasteiger partial charge in [0.1, 0.15) is 17.1 Å². The molecule has 1 aromatic carbocycles. The molecule has 1 N–H and O–H groups in total. The highest BCUT2D eigenvalue weighted by atomic mass is 16.5. The van der Waals surface area contributed by atoms with Crippen LogP contribution in [0.4, 0.5) is 0 Å². The third-order valence-corrected chi connectivity index (χ3v) is 5.10. The second kappa shape index (κ2) is 7.21. The maximum absolute atomic E-state index is 11.4. The number of carboxylic acids is 1. The molecule has 0 spiro atoms. The Labute approximate surface area is 137 Å². The Morgan fingerprint density at radius 2 is 2.09 bits per heavy atom. The maximum Gasteiger partial charge on any atom is 0.339 e. The molecule has 5 heteroatoms. The standard InChI is InChI=1S/C18H25NO4/c1-22-14-7-8-15(18(20)21)17(11-14)23-12-13-5-4-10-19-9-3-2-6-16(13)19/h7-8,11,13,16H,2-6,9-10,12H2,1H3,(H,20,21)/t13-,16+/m0/s1. The van der Waals surface area contributed by atoms with Gasteiger partial charge < -0.3 is 14.6 Å². The second-order valence-corrected chi connectivity index (χ2v) is 6.48. The summed E-state index contributed by atoms with van der Waals surface area (Å²) in [6.45, 7) is 2.97. The maximum atomic E-state index is 11.4. The normalized spacial score (nSPS) is 24.7. The predicted molar refractivity (Wildman–Crippen MR) is 87.4 cm³/mol. The van der Waals surface area contributed by atoms with Gasteiger partial charge in [0.25, 0.3) is 0 Å². The summed E-state index contributed by atoms with van der Waals surface area (Å²) in [4.78, 5) is 14.0. The molecule has 0 radical (unpaired) electrons. The SMILES string of the molecule is COc1ccc(C(=O)O)c(OC[C@@H]2CCCN3CCCC[C@H]23)c1. The molecular formula is C18H25NO4. The average molecular weight is 319 g/mol. The number of methoxy groups -OCH3 is 1. The van der Waals surface area contributed by atoms with Crippen molar-refractivity contribution < 1.29 is 19.4 Å². The van der Waals surface area contributed by atoms with Crippen molar-refractivity contribution >= 4 is 5.97 Å². The quantitative estimate of drug-likeness (QED) is 0.904. The first-order chi connectivity index (χ1) is 11.2. The first-order valence-corrected chi connectivity index (χ1v) is 8.47. The molecule has 5 nitrogen and oxygen atoms in total. The fourth-order valence-corrected chi connectivity index (χ4v) is 3.89. The molecule has 126 valence electrons. The van der Waals surface area contributed by atoms with Gasteiger partial charge >= 0.3 is 5.97 Å². The van der Waals surface area contributed by atoms with Crippen molar-refractivity contribution in [2.75, 3.05) is 26.8 Å². The van der Waals surface area contributed by atoms with E-state index in [0.29, 0.717) is 30.1 Å². The van der Waals surface area contributed by atoms with Crippen LogP contribution in [0.5, 0.6) is 11.5 Å². The van der Waals surface area contributed by atoms with Gasteiger partial charge in [0.05, 0.1) is 13.7 Å². The summed E-state index contributed by atoms with van der Waals surface area (Å²) >= 11 is 0. The summed E-state index contributed by atoms with van der Waals surface area (Å²) in [6.07, 6.45) is 6.18. The van der Waals surface area contributed by atoms with E-state index >= 15 is 0 Å². The summed E-state index contributed by atoms with van der Waals surface area (Å²) < 4.78 is 11.1.